The molecular formula is C18H37N3. The predicted molar refractivity (Wildman–Crippen MR) is 91.7 cm³/mol. The van der Waals surface area contributed by atoms with Crippen LogP contribution in [0.25, 0.3) is 0 Å². The SMILES string of the molecule is CC(C)CN1CCC(CC(C)CN2CCN(C)CC2)CC1. The molecule has 2 fully saturated rings. The summed E-state index contributed by atoms with van der Waals surface area (Å²) in [5.41, 5.74) is 0. The molecule has 0 saturated carbocycles. The van der Waals surface area contributed by atoms with E-state index in [2.05, 4.69) is 42.5 Å². The first-order valence-electron chi connectivity index (χ1n) is 9.16. The van der Waals surface area contributed by atoms with Crippen LogP contribution < -0.4 is 0 Å². The summed E-state index contributed by atoms with van der Waals surface area (Å²) in [7, 11) is 2.24. The summed E-state index contributed by atoms with van der Waals surface area (Å²) >= 11 is 0. The third-order valence-corrected chi connectivity index (χ3v) is 5.23. The van der Waals surface area contributed by atoms with Crippen LogP contribution >= 0.6 is 0 Å². The summed E-state index contributed by atoms with van der Waals surface area (Å²) in [6, 6.07) is 0. The minimum atomic E-state index is 0.817. The van der Waals surface area contributed by atoms with Crippen molar-refractivity contribution in [2.24, 2.45) is 17.8 Å². The first-order chi connectivity index (χ1) is 10.0. The van der Waals surface area contributed by atoms with Crippen molar-refractivity contribution in [3.05, 3.63) is 0 Å². The van der Waals surface area contributed by atoms with Crippen LogP contribution in [0.1, 0.15) is 40.0 Å². The van der Waals surface area contributed by atoms with Crippen LogP contribution in [-0.2, 0) is 0 Å². The lowest BCUT2D eigenvalue weighted by Gasteiger charge is -2.36. The molecule has 124 valence electrons. The number of piperidine rings is 1. The van der Waals surface area contributed by atoms with Gasteiger partial charge in [0.15, 0.2) is 0 Å². The van der Waals surface area contributed by atoms with Crippen molar-refractivity contribution < 1.29 is 0 Å². The van der Waals surface area contributed by atoms with E-state index >= 15 is 0 Å². The highest BCUT2D eigenvalue weighted by Crippen LogP contribution is 2.25. The zero-order valence-corrected chi connectivity index (χ0v) is 14.9. The van der Waals surface area contributed by atoms with Crippen molar-refractivity contribution in [3.63, 3.8) is 0 Å². The summed E-state index contributed by atoms with van der Waals surface area (Å²) in [6.07, 6.45) is 4.31. The molecule has 2 rings (SSSR count). The van der Waals surface area contributed by atoms with Crippen LogP contribution in [-0.4, -0.2) is 74.1 Å². The van der Waals surface area contributed by atoms with E-state index in [1.165, 1.54) is 71.6 Å². The summed E-state index contributed by atoms with van der Waals surface area (Å²) in [4.78, 5) is 7.80. The highest BCUT2D eigenvalue weighted by atomic mass is 15.2. The molecule has 1 atom stereocenters. The fourth-order valence-corrected chi connectivity index (χ4v) is 4.04. The third kappa shape index (κ3) is 6.25. The van der Waals surface area contributed by atoms with Crippen molar-refractivity contribution in [2.75, 3.05) is 59.4 Å². The Balaban J connectivity index is 1.61. The zero-order valence-electron chi connectivity index (χ0n) is 14.9. The molecule has 0 bridgehead atoms. The molecule has 2 aliphatic rings. The molecule has 0 amide bonds. The number of rotatable bonds is 6. The average Bonchev–Trinajstić information content (AvgIpc) is 2.43. The lowest BCUT2D eigenvalue weighted by Crippen LogP contribution is -2.46. The maximum Gasteiger partial charge on any atom is 0.0110 e. The van der Waals surface area contributed by atoms with Gasteiger partial charge in [0, 0.05) is 39.3 Å². The summed E-state index contributed by atoms with van der Waals surface area (Å²) in [5, 5.41) is 0. The van der Waals surface area contributed by atoms with Crippen molar-refractivity contribution in [1.82, 2.24) is 14.7 Å². The summed E-state index contributed by atoms with van der Waals surface area (Å²) in [5.74, 6) is 2.67. The maximum absolute atomic E-state index is 2.68. The largest absolute Gasteiger partial charge is 0.304 e. The molecule has 0 aromatic carbocycles. The third-order valence-electron chi connectivity index (χ3n) is 5.23. The van der Waals surface area contributed by atoms with Gasteiger partial charge in [0.1, 0.15) is 0 Å². The van der Waals surface area contributed by atoms with E-state index in [1.54, 1.807) is 0 Å². The molecule has 0 aromatic heterocycles. The van der Waals surface area contributed by atoms with Crippen molar-refractivity contribution in [2.45, 2.75) is 40.0 Å². The van der Waals surface area contributed by atoms with Crippen LogP contribution in [0.3, 0.4) is 0 Å². The minimum Gasteiger partial charge on any atom is -0.304 e. The van der Waals surface area contributed by atoms with Crippen LogP contribution in [0.15, 0.2) is 0 Å². The van der Waals surface area contributed by atoms with Gasteiger partial charge in [-0.15, -0.1) is 0 Å². The van der Waals surface area contributed by atoms with Gasteiger partial charge in [0.05, 0.1) is 0 Å². The summed E-state index contributed by atoms with van der Waals surface area (Å²) in [6.45, 7) is 17.5. The highest BCUT2D eigenvalue weighted by molar-refractivity contribution is 4.77. The van der Waals surface area contributed by atoms with Crippen LogP contribution in [0.4, 0.5) is 0 Å². The second-order valence-electron chi connectivity index (χ2n) is 8.08. The molecule has 2 saturated heterocycles. The van der Waals surface area contributed by atoms with E-state index in [-0.39, 0.29) is 0 Å². The Hall–Kier alpha value is -0.120. The van der Waals surface area contributed by atoms with Crippen molar-refractivity contribution in [1.29, 1.82) is 0 Å². The van der Waals surface area contributed by atoms with E-state index in [4.69, 9.17) is 0 Å². The minimum absolute atomic E-state index is 0.817. The normalized spacial score (nSPS) is 25.6. The molecule has 0 spiro atoms. The van der Waals surface area contributed by atoms with Gasteiger partial charge < -0.3 is 14.7 Å². The molecule has 3 nitrogen and oxygen atoms in total. The molecule has 0 radical (unpaired) electrons. The Labute approximate surface area is 132 Å². The standard InChI is InChI=1S/C18H37N3/c1-16(2)14-20-7-5-18(6-8-20)13-17(3)15-21-11-9-19(4)10-12-21/h16-18H,5-15H2,1-4H3. The van der Waals surface area contributed by atoms with Crippen LogP contribution in [0.2, 0.25) is 0 Å². The maximum atomic E-state index is 2.68. The molecule has 0 aliphatic carbocycles. The molecular weight excluding hydrogens is 258 g/mol. The topological polar surface area (TPSA) is 9.72 Å². The summed E-state index contributed by atoms with van der Waals surface area (Å²) < 4.78 is 0. The van der Waals surface area contributed by atoms with Gasteiger partial charge in [-0.2, -0.15) is 0 Å². The molecule has 1 unspecified atom stereocenters. The molecule has 0 aromatic rings. The number of likely N-dealkylation sites (tertiary alicyclic amines) is 1. The van der Waals surface area contributed by atoms with Gasteiger partial charge in [-0.05, 0) is 57.2 Å². The fraction of sp³-hybridized carbons (Fsp3) is 1.00. The second kappa shape index (κ2) is 8.50. The van der Waals surface area contributed by atoms with Crippen molar-refractivity contribution >= 4 is 0 Å². The van der Waals surface area contributed by atoms with E-state index in [1.807, 2.05) is 0 Å². The quantitative estimate of drug-likeness (QED) is 0.746. The Morgan fingerprint density at radius 3 is 1.95 bits per heavy atom. The van der Waals surface area contributed by atoms with Gasteiger partial charge in [0.2, 0.25) is 0 Å². The number of piperazine rings is 1. The molecule has 21 heavy (non-hydrogen) atoms. The Bertz CT molecular complexity index is 276. The number of nitrogens with zero attached hydrogens (tertiary/aromatic N) is 3. The second-order valence-corrected chi connectivity index (χ2v) is 8.08. The van der Waals surface area contributed by atoms with Crippen LogP contribution in [0.5, 0.6) is 0 Å². The number of hydrogen-bond acceptors (Lipinski definition) is 3. The van der Waals surface area contributed by atoms with Gasteiger partial charge in [-0.3, -0.25) is 0 Å². The van der Waals surface area contributed by atoms with E-state index < -0.39 is 0 Å². The van der Waals surface area contributed by atoms with Gasteiger partial charge in [0.25, 0.3) is 0 Å². The number of likely N-dealkylation sites (N-methyl/N-ethyl adjacent to an activating group) is 1. The number of hydrogen-bond donors (Lipinski definition) is 0. The Morgan fingerprint density at radius 1 is 0.810 bits per heavy atom. The first kappa shape index (κ1) is 17.2. The van der Waals surface area contributed by atoms with Gasteiger partial charge in [-0.1, -0.05) is 20.8 Å². The molecule has 0 N–H and O–H groups in total. The lowest BCUT2D eigenvalue weighted by molar-refractivity contribution is 0.119. The van der Waals surface area contributed by atoms with Gasteiger partial charge in [-0.25, -0.2) is 0 Å². The smallest absolute Gasteiger partial charge is 0.0110 e. The first-order valence-corrected chi connectivity index (χ1v) is 9.16. The lowest BCUT2D eigenvalue weighted by atomic mass is 9.87. The Kier molecular flexibility index (Phi) is 6.97. The van der Waals surface area contributed by atoms with Gasteiger partial charge >= 0.3 is 0 Å². The highest BCUT2D eigenvalue weighted by Gasteiger charge is 2.23. The van der Waals surface area contributed by atoms with E-state index in [0.29, 0.717) is 0 Å². The molecule has 3 heteroatoms. The average molecular weight is 296 g/mol. The van der Waals surface area contributed by atoms with E-state index in [9.17, 15) is 0 Å². The molecule has 2 aliphatic heterocycles. The predicted octanol–water partition coefficient (Wildman–Crippen LogP) is 2.63. The van der Waals surface area contributed by atoms with Crippen molar-refractivity contribution in [3.8, 4) is 0 Å². The Morgan fingerprint density at radius 2 is 1.38 bits per heavy atom. The zero-order chi connectivity index (χ0) is 15.2. The molecule has 2 heterocycles. The monoisotopic (exact) mass is 295 g/mol. The van der Waals surface area contributed by atoms with Crippen LogP contribution in [0, 0.1) is 17.8 Å². The van der Waals surface area contributed by atoms with E-state index in [0.717, 1.165) is 17.8 Å². The fourth-order valence-electron chi connectivity index (χ4n) is 4.04.